The highest BCUT2D eigenvalue weighted by Crippen LogP contribution is 2.37. The maximum Gasteiger partial charge on any atom is 0.410 e. The van der Waals surface area contributed by atoms with Crippen molar-refractivity contribution in [1.82, 2.24) is 4.90 Å². The molecule has 15 heavy (non-hydrogen) atoms. The van der Waals surface area contributed by atoms with Gasteiger partial charge in [0.25, 0.3) is 0 Å². The van der Waals surface area contributed by atoms with E-state index in [2.05, 4.69) is 24.3 Å². The van der Waals surface area contributed by atoms with Gasteiger partial charge in [-0.05, 0) is 18.4 Å². The van der Waals surface area contributed by atoms with Gasteiger partial charge in [0, 0.05) is 0 Å². The molecule has 2 fully saturated rings. The van der Waals surface area contributed by atoms with Crippen molar-refractivity contribution in [2.24, 2.45) is 0 Å². The molecular formula is C12H13NO2. The van der Waals surface area contributed by atoms with Crippen LogP contribution in [-0.2, 0) is 11.2 Å². The first-order chi connectivity index (χ1) is 7.36. The zero-order chi connectivity index (χ0) is 10.3. The van der Waals surface area contributed by atoms with Crippen molar-refractivity contribution in [3.63, 3.8) is 0 Å². The van der Waals surface area contributed by atoms with Gasteiger partial charge >= 0.3 is 6.09 Å². The molecule has 3 heteroatoms. The Bertz CT molecular complexity index is 376. The average molecular weight is 203 g/mol. The Balaban J connectivity index is 1.55. The van der Waals surface area contributed by atoms with E-state index < -0.39 is 0 Å². The van der Waals surface area contributed by atoms with E-state index in [1.807, 2.05) is 11.0 Å². The fourth-order valence-corrected chi connectivity index (χ4v) is 2.32. The van der Waals surface area contributed by atoms with Crippen molar-refractivity contribution in [2.75, 3.05) is 6.61 Å². The van der Waals surface area contributed by atoms with Crippen LogP contribution in [-0.4, -0.2) is 29.7 Å². The third-order valence-electron chi connectivity index (χ3n) is 3.23. The molecule has 0 aliphatic carbocycles. The first kappa shape index (κ1) is 8.77. The van der Waals surface area contributed by atoms with Gasteiger partial charge in [0.1, 0.15) is 6.61 Å². The van der Waals surface area contributed by atoms with Gasteiger partial charge in [-0.3, -0.25) is 4.90 Å². The summed E-state index contributed by atoms with van der Waals surface area (Å²) in [6, 6.07) is 11.2. The molecule has 0 radical (unpaired) electrons. The number of amides is 1. The molecule has 0 saturated carbocycles. The largest absolute Gasteiger partial charge is 0.447 e. The van der Waals surface area contributed by atoms with Gasteiger partial charge in [-0.25, -0.2) is 4.79 Å². The molecule has 78 valence electrons. The molecule has 2 saturated heterocycles. The number of aryl methyl sites for hydroxylation is 1. The van der Waals surface area contributed by atoms with Gasteiger partial charge in [0.15, 0.2) is 0 Å². The molecule has 0 aromatic heterocycles. The van der Waals surface area contributed by atoms with Gasteiger partial charge in [-0.1, -0.05) is 30.3 Å². The number of hydrogen-bond donors (Lipinski definition) is 0. The predicted octanol–water partition coefficient (Wildman–Crippen LogP) is 1.82. The Morgan fingerprint density at radius 2 is 2.13 bits per heavy atom. The summed E-state index contributed by atoms with van der Waals surface area (Å²) in [6.45, 7) is 0.596. The summed E-state index contributed by atoms with van der Waals surface area (Å²) in [7, 11) is 0. The fraction of sp³-hybridized carbons (Fsp3) is 0.417. The summed E-state index contributed by atoms with van der Waals surface area (Å²) in [4.78, 5) is 13.0. The standard InChI is InChI=1S/C12H13NO2/c14-12-13-10(11(13)8-15-12)7-6-9-4-2-1-3-5-9/h1-5,10-11H,6-8H2/t10-,11-,13?/m1/s1. The average Bonchev–Trinajstić information content (AvgIpc) is 2.85. The molecule has 1 amide bonds. The number of cyclic esters (lactones) is 1. The highest BCUT2D eigenvalue weighted by molar-refractivity contribution is 5.74. The Morgan fingerprint density at radius 3 is 2.80 bits per heavy atom. The van der Waals surface area contributed by atoms with E-state index in [0.717, 1.165) is 12.8 Å². The number of ether oxygens (including phenoxy) is 1. The van der Waals surface area contributed by atoms with Gasteiger partial charge in [0.2, 0.25) is 0 Å². The van der Waals surface area contributed by atoms with E-state index in [-0.39, 0.29) is 6.09 Å². The zero-order valence-corrected chi connectivity index (χ0v) is 8.43. The molecule has 0 unspecified atom stereocenters. The molecule has 1 aromatic carbocycles. The number of nitrogens with zero attached hydrogens (tertiary/aromatic N) is 1. The highest BCUT2D eigenvalue weighted by Gasteiger charge is 2.56. The molecular weight excluding hydrogens is 190 g/mol. The third-order valence-corrected chi connectivity index (χ3v) is 3.23. The van der Waals surface area contributed by atoms with E-state index >= 15 is 0 Å². The van der Waals surface area contributed by atoms with Crippen molar-refractivity contribution in [2.45, 2.75) is 24.9 Å². The van der Waals surface area contributed by atoms with Gasteiger partial charge in [-0.2, -0.15) is 0 Å². The lowest BCUT2D eigenvalue weighted by Crippen LogP contribution is -2.13. The van der Waals surface area contributed by atoms with Crippen LogP contribution in [0.1, 0.15) is 12.0 Å². The highest BCUT2D eigenvalue weighted by atomic mass is 16.6. The van der Waals surface area contributed by atoms with E-state index in [1.54, 1.807) is 0 Å². The molecule has 3 nitrogen and oxygen atoms in total. The first-order valence-electron chi connectivity index (χ1n) is 5.35. The van der Waals surface area contributed by atoms with Gasteiger partial charge in [-0.15, -0.1) is 0 Å². The fourth-order valence-electron chi connectivity index (χ4n) is 2.32. The maximum absolute atomic E-state index is 11.1. The molecule has 2 aliphatic rings. The minimum atomic E-state index is -0.127. The minimum Gasteiger partial charge on any atom is -0.447 e. The molecule has 2 aliphatic heterocycles. The van der Waals surface area contributed by atoms with Crippen molar-refractivity contribution >= 4 is 6.09 Å². The van der Waals surface area contributed by atoms with E-state index in [9.17, 15) is 4.79 Å². The molecule has 3 rings (SSSR count). The van der Waals surface area contributed by atoms with Crippen LogP contribution in [0.5, 0.6) is 0 Å². The topological polar surface area (TPSA) is 29.3 Å². The van der Waals surface area contributed by atoms with Crippen LogP contribution in [0.15, 0.2) is 30.3 Å². The number of benzene rings is 1. The van der Waals surface area contributed by atoms with Gasteiger partial charge in [0.05, 0.1) is 12.1 Å². The van der Waals surface area contributed by atoms with Crippen LogP contribution < -0.4 is 0 Å². The Labute approximate surface area is 88.6 Å². The maximum atomic E-state index is 11.1. The lowest BCUT2D eigenvalue weighted by molar-refractivity contribution is 0.155. The summed E-state index contributed by atoms with van der Waals surface area (Å²) < 4.78 is 4.88. The number of carbonyl (C=O) groups excluding carboxylic acids is 1. The minimum absolute atomic E-state index is 0.127. The summed E-state index contributed by atoms with van der Waals surface area (Å²) in [6.07, 6.45) is 1.98. The van der Waals surface area contributed by atoms with Crippen molar-refractivity contribution in [1.29, 1.82) is 0 Å². The van der Waals surface area contributed by atoms with Crippen molar-refractivity contribution in [3.8, 4) is 0 Å². The second-order valence-electron chi connectivity index (χ2n) is 4.14. The van der Waals surface area contributed by atoms with Crippen LogP contribution in [0.2, 0.25) is 0 Å². The second kappa shape index (κ2) is 3.26. The quantitative estimate of drug-likeness (QED) is 0.701. The first-order valence-corrected chi connectivity index (χ1v) is 5.35. The lowest BCUT2D eigenvalue weighted by atomic mass is 10.1. The number of hydrogen-bond acceptors (Lipinski definition) is 2. The molecule has 0 N–H and O–H groups in total. The molecule has 0 bridgehead atoms. The van der Waals surface area contributed by atoms with Crippen LogP contribution in [0.3, 0.4) is 0 Å². The van der Waals surface area contributed by atoms with Crippen LogP contribution in [0.25, 0.3) is 0 Å². The number of carbonyl (C=O) groups is 1. The van der Waals surface area contributed by atoms with Gasteiger partial charge < -0.3 is 4.74 Å². The number of rotatable bonds is 3. The Morgan fingerprint density at radius 1 is 1.33 bits per heavy atom. The molecule has 1 aromatic rings. The molecule has 2 heterocycles. The number of fused-ring (bicyclic) bond motifs is 1. The van der Waals surface area contributed by atoms with Crippen LogP contribution in [0.4, 0.5) is 4.79 Å². The van der Waals surface area contributed by atoms with Crippen molar-refractivity contribution in [3.05, 3.63) is 35.9 Å². The second-order valence-corrected chi connectivity index (χ2v) is 4.14. The zero-order valence-electron chi connectivity index (χ0n) is 8.43. The van der Waals surface area contributed by atoms with Crippen molar-refractivity contribution < 1.29 is 9.53 Å². The summed E-state index contributed by atoms with van der Waals surface area (Å²) in [5.74, 6) is 0. The Hall–Kier alpha value is -1.51. The monoisotopic (exact) mass is 203 g/mol. The van der Waals surface area contributed by atoms with Crippen LogP contribution in [0, 0.1) is 0 Å². The summed E-state index contributed by atoms with van der Waals surface area (Å²) in [5.41, 5.74) is 1.34. The van der Waals surface area contributed by atoms with Crippen LogP contribution >= 0.6 is 0 Å². The van der Waals surface area contributed by atoms with E-state index in [1.165, 1.54) is 5.56 Å². The summed E-state index contributed by atoms with van der Waals surface area (Å²) >= 11 is 0. The normalized spacial score (nSPS) is 27.5. The third kappa shape index (κ3) is 1.48. The molecule has 2 atom stereocenters. The van der Waals surface area contributed by atoms with E-state index in [4.69, 9.17) is 4.74 Å². The smallest absolute Gasteiger partial charge is 0.410 e. The summed E-state index contributed by atoms with van der Waals surface area (Å²) in [5, 5.41) is 0. The lowest BCUT2D eigenvalue weighted by Gasteiger charge is -2.03. The van der Waals surface area contributed by atoms with E-state index in [0.29, 0.717) is 18.7 Å². The SMILES string of the molecule is O=C1OC[C@@H]2[C@@H](CCc3ccccc3)N12. The predicted molar refractivity (Wildman–Crippen MR) is 55.5 cm³/mol. The Kier molecular flexibility index (Phi) is 1.91. The molecule has 0 spiro atoms.